The van der Waals surface area contributed by atoms with Crippen molar-refractivity contribution in [2.24, 2.45) is 0 Å². The van der Waals surface area contributed by atoms with Crippen LogP contribution in [0.25, 0.3) is 0 Å². The number of carbonyl (C=O) groups is 1. The number of carbonyl (C=O) groups excluding carboxylic acids is 1. The van der Waals surface area contributed by atoms with Crippen LogP contribution in [0, 0.1) is 6.92 Å². The van der Waals surface area contributed by atoms with Gasteiger partial charge in [-0.1, -0.05) is 66.2 Å². The lowest BCUT2D eigenvalue weighted by molar-refractivity contribution is -0.120. The van der Waals surface area contributed by atoms with E-state index in [1.54, 1.807) is 11.3 Å². The average molecular weight is 393 g/mol. The van der Waals surface area contributed by atoms with Crippen molar-refractivity contribution >= 4 is 17.2 Å². The molecule has 0 saturated carbocycles. The van der Waals surface area contributed by atoms with E-state index in [1.165, 1.54) is 21.6 Å². The number of nitrogens with one attached hydrogen (secondary N) is 2. The zero-order valence-corrected chi connectivity index (χ0v) is 17.3. The topological polar surface area (TPSA) is 41.1 Å². The summed E-state index contributed by atoms with van der Waals surface area (Å²) in [6.45, 7) is 4.45. The maximum atomic E-state index is 12.5. The lowest BCUT2D eigenvalue weighted by Gasteiger charge is -2.19. The van der Waals surface area contributed by atoms with Gasteiger partial charge < -0.3 is 5.32 Å². The van der Waals surface area contributed by atoms with Gasteiger partial charge in [0.1, 0.15) is 0 Å². The fraction of sp³-hybridized carbons (Fsp3) is 0.292. The molecule has 0 saturated heterocycles. The first-order chi connectivity index (χ1) is 13.6. The van der Waals surface area contributed by atoms with Crippen molar-refractivity contribution in [3.63, 3.8) is 0 Å². The lowest BCUT2D eigenvalue weighted by Crippen LogP contribution is -2.40. The monoisotopic (exact) mass is 392 g/mol. The molecule has 0 aliphatic heterocycles. The maximum absolute atomic E-state index is 12.5. The first-order valence-corrected chi connectivity index (χ1v) is 10.7. The highest BCUT2D eigenvalue weighted by Crippen LogP contribution is 2.26. The Bertz CT molecular complexity index is 844. The smallest absolute Gasteiger partial charge is 0.234 e. The number of aryl methyl sites for hydroxylation is 2. The van der Waals surface area contributed by atoms with Crippen LogP contribution in [0.5, 0.6) is 0 Å². The summed E-state index contributed by atoms with van der Waals surface area (Å²) in [6, 6.07) is 23.2. The van der Waals surface area contributed by atoms with Gasteiger partial charge in [-0.25, -0.2) is 0 Å². The Balaban J connectivity index is 1.52. The van der Waals surface area contributed by atoms with E-state index in [2.05, 4.69) is 90.5 Å². The van der Waals surface area contributed by atoms with E-state index in [0.29, 0.717) is 6.54 Å². The van der Waals surface area contributed by atoms with Crippen LogP contribution in [0.3, 0.4) is 0 Å². The molecular formula is C24H28N2OS. The molecule has 1 heterocycles. The van der Waals surface area contributed by atoms with Gasteiger partial charge in [0.2, 0.25) is 5.91 Å². The second kappa shape index (κ2) is 10.2. The second-order valence-electron chi connectivity index (χ2n) is 7.23. The van der Waals surface area contributed by atoms with Gasteiger partial charge in [0.25, 0.3) is 0 Å². The van der Waals surface area contributed by atoms with E-state index in [1.807, 2.05) is 6.07 Å². The molecule has 3 rings (SSSR count). The van der Waals surface area contributed by atoms with Crippen LogP contribution in [0.2, 0.25) is 0 Å². The number of amides is 1. The number of hydrogen-bond acceptors (Lipinski definition) is 3. The number of rotatable bonds is 9. The van der Waals surface area contributed by atoms with Crippen LogP contribution < -0.4 is 10.6 Å². The molecule has 2 aromatic carbocycles. The van der Waals surface area contributed by atoms with Crippen LogP contribution in [-0.2, 0) is 11.2 Å². The van der Waals surface area contributed by atoms with E-state index in [9.17, 15) is 4.79 Å². The summed E-state index contributed by atoms with van der Waals surface area (Å²) in [5.41, 5.74) is 3.72. The molecule has 0 unspecified atom stereocenters. The van der Waals surface area contributed by atoms with Crippen LogP contribution in [0.4, 0.5) is 0 Å². The van der Waals surface area contributed by atoms with E-state index in [-0.39, 0.29) is 18.0 Å². The van der Waals surface area contributed by atoms with Gasteiger partial charge in [-0.15, -0.1) is 11.3 Å². The molecule has 3 nitrogen and oxygen atoms in total. The molecule has 0 bridgehead atoms. The number of thiophene rings is 1. The summed E-state index contributed by atoms with van der Waals surface area (Å²) in [7, 11) is 0. The summed E-state index contributed by atoms with van der Waals surface area (Å²) in [4.78, 5) is 13.7. The summed E-state index contributed by atoms with van der Waals surface area (Å²) in [5.74, 6) is 0.0363. The summed E-state index contributed by atoms with van der Waals surface area (Å²) in [5, 5.41) is 8.62. The molecule has 4 heteroatoms. The second-order valence-corrected chi connectivity index (χ2v) is 8.21. The highest BCUT2D eigenvalue weighted by atomic mass is 32.1. The first-order valence-electron chi connectivity index (χ1n) is 9.78. The summed E-state index contributed by atoms with van der Waals surface area (Å²) >= 11 is 1.71. The lowest BCUT2D eigenvalue weighted by atomic mass is 10.0. The molecule has 1 aromatic heterocycles. The third-order valence-corrected chi connectivity index (χ3v) is 5.76. The van der Waals surface area contributed by atoms with Crippen LogP contribution in [-0.4, -0.2) is 18.5 Å². The van der Waals surface area contributed by atoms with Gasteiger partial charge in [0, 0.05) is 10.9 Å². The predicted octanol–water partition coefficient (Wildman–Crippen LogP) is 4.87. The molecule has 3 aromatic rings. The fourth-order valence-electron chi connectivity index (χ4n) is 3.22. The largest absolute Gasteiger partial charge is 0.353 e. The highest BCUT2D eigenvalue weighted by Gasteiger charge is 2.16. The van der Waals surface area contributed by atoms with E-state index < -0.39 is 0 Å². The van der Waals surface area contributed by atoms with Crippen molar-refractivity contribution in [2.75, 3.05) is 6.54 Å². The molecule has 1 amide bonds. The van der Waals surface area contributed by atoms with Crippen molar-refractivity contribution < 1.29 is 4.79 Å². The van der Waals surface area contributed by atoms with Crippen molar-refractivity contribution in [1.82, 2.24) is 10.6 Å². The van der Waals surface area contributed by atoms with Crippen LogP contribution in [0.1, 0.15) is 41.0 Å². The average Bonchev–Trinajstić information content (AvgIpc) is 3.23. The molecule has 2 N–H and O–H groups in total. The Labute approximate surface area is 171 Å². The van der Waals surface area contributed by atoms with Crippen LogP contribution >= 0.6 is 11.3 Å². The Morgan fingerprint density at radius 1 is 1.00 bits per heavy atom. The Hall–Kier alpha value is -2.43. The maximum Gasteiger partial charge on any atom is 0.234 e. The number of benzene rings is 2. The summed E-state index contributed by atoms with van der Waals surface area (Å²) in [6.07, 6.45) is 1.90. The Kier molecular flexibility index (Phi) is 7.40. The van der Waals surface area contributed by atoms with Crippen molar-refractivity contribution in [2.45, 2.75) is 38.8 Å². The zero-order valence-electron chi connectivity index (χ0n) is 16.5. The van der Waals surface area contributed by atoms with Crippen LogP contribution in [0.15, 0.2) is 72.1 Å². The number of hydrogen-bond donors (Lipinski definition) is 2. The minimum Gasteiger partial charge on any atom is -0.353 e. The van der Waals surface area contributed by atoms with Gasteiger partial charge >= 0.3 is 0 Å². The molecule has 2 atom stereocenters. The minimum atomic E-state index is 0.0333. The van der Waals surface area contributed by atoms with E-state index in [4.69, 9.17) is 0 Å². The normalized spacial score (nSPS) is 13.1. The van der Waals surface area contributed by atoms with Gasteiger partial charge in [-0.3, -0.25) is 10.1 Å². The first kappa shape index (κ1) is 20.3. The molecule has 0 aliphatic carbocycles. The van der Waals surface area contributed by atoms with Gasteiger partial charge in [0.05, 0.1) is 12.6 Å². The van der Waals surface area contributed by atoms with E-state index in [0.717, 1.165) is 12.8 Å². The molecule has 0 spiro atoms. The van der Waals surface area contributed by atoms with Crippen molar-refractivity contribution in [1.29, 1.82) is 0 Å². The molecule has 28 heavy (non-hydrogen) atoms. The summed E-state index contributed by atoms with van der Waals surface area (Å²) < 4.78 is 0. The molecular weight excluding hydrogens is 364 g/mol. The molecule has 0 radical (unpaired) electrons. The fourth-order valence-corrected chi connectivity index (χ4v) is 4.04. The standard InChI is InChI=1S/C24H28N2OS/c1-18-10-14-21(15-11-18)24(22-9-6-16-28-22)25-17-23(27)26-19(2)12-13-20-7-4-3-5-8-20/h3-11,14-16,19,24-25H,12-13,17H2,1-2H3,(H,26,27)/t19-,24+/m1/s1. The third-order valence-electron chi connectivity index (χ3n) is 4.82. The van der Waals surface area contributed by atoms with Crippen molar-refractivity contribution in [3.05, 3.63) is 93.7 Å². The Morgan fingerprint density at radius 2 is 1.75 bits per heavy atom. The third kappa shape index (κ3) is 6.04. The van der Waals surface area contributed by atoms with Crippen molar-refractivity contribution in [3.8, 4) is 0 Å². The molecule has 0 aliphatic rings. The zero-order chi connectivity index (χ0) is 19.8. The SMILES string of the molecule is Cc1ccc([C@H](NCC(=O)N[C@H](C)CCc2ccccc2)c2cccs2)cc1. The van der Waals surface area contributed by atoms with Gasteiger partial charge in [-0.05, 0) is 49.3 Å². The van der Waals surface area contributed by atoms with Gasteiger partial charge in [-0.2, -0.15) is 0 Å². The quantitative estimate of drug-likeness (QED) is 0.545. The van der Waals surface area contributed by atoms with E-state index >= 15 is 0 Å². The van der Waals surface area contributed by atoms with Gasteiger partial charge in [0.15, 0.2) is 0 Å². The highest BCUT2D eigenvalue weighted by molar-refractivity contribution is 7.10. The Morgan fingerprint density at radius 3 is 2.43 bits per heavy atom. The molecule has 0 fully saturated rings. The minimum absolute atomic E-state index is 0.0333. The molecule has 146 valence electrons. The predicted molar refractivity (Wildman–Crippen MR) is 118 cm³/mol.